The number of primary amides is 1. The van der Waals surface area contributed by atoms with Crippen molar-refractivity contribution < 1.29 is 67.7 Å². The molecular formula is C49H85N19O14. The third-order valence-electron chi connectivity index (χ3n) is 12.0. The zero-order valence-corrected chi connectivity index (χ0v) is 47.5. The zero-order chi connectivity index (χ0) is 62.6. The van der Waals surface area contributed by atoms with Gasteiger partial charge >= 0.3 is 11.9 Å². The average molecular weight is 1160 g/mol. The average Bonchev–Trinajstić information content (AvgIpc) is 3.91. The van der Waals surface area contributed by atoms with Gasteiger partial charge in [-0.2, -0.15) is 0 Å². The van der Waals surface area contributed by atoms with Gasteiger partial charge in [-0.05, 0) is 70.1 Å². The Bertz CT molecular complexity index is 2390. The summed E-state index contributed by atoms with van der Waals surface area (Å²) >= 11 is 0. The molecule has 1 rings (SSSR count). The first-order chi connectivity index (χ1) is 38.2. The first-order valence-electron chi connectivity index (χ1n) is 26.6. The Labute approximate surface area is 474 Å². The fraction of sp³-hybridized carbons (Fsp3) is 0.653. The number of carboxylic acids is 2. The number of aliphatic carboxylic acids is 2. The second-order valence-electron chi connectivity index (χ2n) is 20.8. The van der Waals surface area contributed by atoms with Crippen LogP contribution in [0, 0.1) is 28.6 Å². The van der Waals surface area contributed by atoms with Crippen LogP contribution in [0.1, 0.15) is 112 Å². The minimum absolute atomic E-state index is 0.0181. The molecule has 0 saturated carbocycles. The number of nitrogens with two attached hydrogens (primary N) is 4. The number of H-pyrrole nitrogens is 1. The molecule has 0 unspecified atom stereocenters. The number of aromatic nitrogens is 2. The van der Waals surface area contributed by atoms with Crippen molar-refractivity contribution in [3.05, 3.63) is 18.2 Å². The van der Waals surface area contributed by atoms with E-state index >= 15 is 0 Å². The number of hydrogen-bond acceptors (Lipinski definition) is 16. The molecule has 0 spiro atoms. The Kier molecular flexibility index (Phi) is 31.2. The number of imidazole rings is 1. The van der Waals surface area contributed by atoms with E-state index in [1.54, 1.807) is 41.5 Å². The van der Waals surface area contributed by atoms with Gasteiger partial charge in [0.2, 0.25) is 59.1 Å². The molecular weight excluding hydrogens is 1080 g/mol. The van der Waals surface area contributed by atoms with E-state index in [4.69, 9.17) is 33.8 Å². The molecule has 1 heterocycles. The van der Waals surface area contributed by atoms with Gasteiger partial charge in [0.15, 0.2) is 11.9 Å². The van der Waals surface area contributed by atoms with Crippen molar-refractivity contribution in [1.82, 2.24) is 68.5 Å². The molecule has 0 radical (unpaired) electrons. The van der Waals surface area contributed by atoms with Crippen molar-refractivity contribution in [1.29, 1.82) is 10.8 Å². The number of nitrogens with zero attached hydrogens (tertiary/aromatic N) is 1. The first kappa shape index (κ1) is 71.4. The van der Waals surface area contributed by atoms with Gasteiger partial charge in [-0.15, -0.1) is 0 Å². The lowest BCUT2D eigenvalue weighted by Crippen LogP contribution is -2.60. The van der Waals surface area contributed by atoms with Crippen molar-refractivity contribution >= 4 is 82.9 Å². The second-order valence-corrected chi connectivity index (χ2v) is 20.8. The van der Waals surface area contributed by atoms with Gasteiger partial charge in [-0.25, -0.2) is 9.78 Å². The normalized spacial score (nSPS) is 14.7. The van der Waals surface area contributed by atoms with Crippen molar-refractivity contribution in [2.24, 2.45) is 40.7 Å². The zero-order valence-electron chi connectivity index (χ0n) is 47.5. The Morgan fingerprint density at radius 3 is 1.37 bits per heavy atom. The summed E-state index contributed by atoms with van der Waals surface area (Å²) in [6.07, 6.45) is 1.07. The van der Waals surface area contributed by atoms with E-state index < -0.39 is 156 Å². The highest BCUT2D eigenvalue weighted by Gasteiger charge is 2.36. The largest absolute Gasteiger partial charge is 0.481 e. The van der Waals surface area contributed by atoms with Gasteiger partial charge in [-0.3, -0.25) is 63.6 Å². The molecule has 0 aliphatic carbocycles. The topological polar surface area (TPSA) is 558 Å². The predicted octanol–water partition coefficient (Wildman–Crippen LogP) is -5.61. The van der Waals surface area contributed by atoms with Crippen LogP contribution in [0.3, 0.4) is 0 Å². The van der Waals surface area contributed by atoms with Crippen LogP contribution in [0.15, 0.2) is 12.5 Å². The monoisotopic (exact) mass is 1160 g/mol. The molecule has 33 nitrogen and oxygen atoms in total. The number of hydrogen-bond donors (Lipinski definition) is 20. The number of carbonyl (C=O) groups excluding carboxylic acids is 10. The third kappa shape index (κ3) is 28.0. The van der Waals surface area contributed by atoms with Crippen LogP contribution in [0.5, 0.6) is 0 Å². The van der Waals surface area contributed by atoms with Crippen molar-refractivity contribution in [2.45, 2.75) is 174 Å². The number of amides is 10. The van der Waals surface area contributed by atoms with Crippen LogP contribution in [0.4, 0.5) is 0 Å². The van der Waals surface area contributed by atoms with E-state index in [1.165, 1.54) is 26.4 Å². The van der Waals surface area contributed by atoms with Gasteiger partial charge in [0, 0.05) is 25.7 Å². The first-order valence-corrected chi connectivity index (χ1v) is 26.6. The lowest BCUT2D eigenvalue weighted by Gasteiger charge is -2.28. The van der Waals surface area contributed by atoms with Crippen molar-refractivity contribution in [3.63, 3.8) is 0 Å². The molecule has 1 aromatic rings. The van der Waals surface area contributed by atoms with E-state index in [0.29, 0.717) is 5.69 Å². The number of carboxylic acid groups (broad SMARTS) is 2. The van der Waals surface area contributed by atoms with Crippen LogP contribution in [-0.4, -0.2) is 177 Å². The highest BCUT2D eigenvalue weighted by Crippen LogP contribution is 2.11. The molecule has 24 N–H and O–H groups in total. The highest BCUT2D eigenvalue weighted by molar-refractivity contribution is 5.99. The quantitative estimate of drug-likeness (QED) is 0.0167. The Hall–Kier alpha value is -8.65. The molecule has 0 fully saturated rings. The lowest BCUT2D eigenvalue weighted by atomic mass is 9.99. The Morgan fingerprint density at radius 2 is 0.927 bits per heavy atom. The van der Waals surface area contributed by atoms with Crippen LogP contribution in [0.25, 0.3) is 0 Å². The van der Waals surface area contributed by atoms with Crippen LogP contribution in [0.2, 0.25) is 0 Å². The van der Waals surface area contributed by atoms with Gasteiger partial charge < -0.3 is 96.6 Å². The van der Waals surface area contributed by atoms with E-state index in [-0.39, 0.29) is 75.8 Å². The highest BCUT2D eigenvalue weighted by atomic mass is 16.4. The molecule has 0 saturated heterocycles. The second kappa shape index (κ2) is 35.9. The summed E-state index contributed by atoms with van der Waals surface area (Å²) in [5, 5.41) is 61.1. The minimum Gasteiger partial charge on any atom is -0.481 e. The third-order valence-corrected chi connectivity index (χ3v) is 12.0. The molecule has 0 aromatic carbocycles. The summed E-state index contributed by atoms with van der Waals surface area (Å²) in [6, 6.07) is -14.5. The molecule has 10 atom stereocenters. The summed E-state index contributed by atoms with van der Waals surface area (Å²) in [6.45, 7) is 12.6. The summed E-state index contributed by atoms with van der Waals surface area (Å²) in [4.78, 5) is 165. The van der Waals surface area contributed by atoms with E-state index in [2.05, 4.69) is 68.5 Å². The van der Waals surface area contributed by atoms with E-state index in [0.717, 1.165) is 0 Å². The number of nitrogens with one attached hydrogen (secondary N) is 14. The Balaban J connectivity index is 3.29. The number of rotatable bonds is 38. The van der Waals surface area contributed by atoms with Gasteiger partial charge in [0.05, 0.1) is 30.9 Å². The van der Waals surface area contributed by atoms with Crippen LogP contribution >= 0.6 is 0 Å². The lowest BCUT2D eigenvalue weighted by molar-refractivity contribution is -0.143. The fourth-order valence-corrected chi connectivity index (χ4v) is 7.73. The van der Waals surface area contributed by atoms with Crippen molar-refractivity contribution in [2.75, 3.05) is 13.1 Å². The molecule has 82 heavy (non-hydrogen) atoms. The van der Waals surface area contributed by atoms with Crippen LogP contribution in [-0.2, 0) is 64.0 Å². The molecule has 460 valence electrons. The smallest absolute Gasteiger partial charge is 0.326 e. The summed E-state index contributed by atoms with van der Waals surface area (Å²) < 4.78 is 0. The van der Waals surface area contributed by atoms with E-state index in [1.807, 2.05) is 0 Å². The summed E-state index contributed by atoms with van der Waals surface area (Å²) in [7, 11) is 0. The fourth-order valence-electron chi connectivity index (χ4n) is 7.73. The molecule has 33 heteroatoms. The van der Waals surface area contributed by atoms with Crippen molar-refractivity contribution in [3.8, 4) is 0 Å². The van der Waals surface area contributed by atoms with Gasteiger partial charge in [0.1, 0.15) is 54.4 Å². The standard InChI is InChI=1S/C49H85N19O14/c1-22(2)15-31(64-44(78)33(19-36(70)71)66-42(76)30(12-10-14-58-49(54)55)63-40(74)28(50)17-27-20-56-21-59-27)43(77)61-25(7)38(72)60-26(8)39(73)62-29(11-9-13-57-48(52)53)41(75)65-32(18-35(51)69)45(79)68-37(24(5)6)46(80)67-34(47(81)82)16-23(3)4/h20-26,28-34,37H,9-19,50H2,1-8H3,(H2,51,69)(H,56,59)(H,60,72)(H,61,77)(H,62,73)(H,63,74)(H,64,78)(H,65,75)(H,66,76)(H,67,80)(H,68,79)(H,70,71)(H,81,82)(H4,52,53,57)(H4,54,55,58)/t25-,26-,28-,29-,30-,31-,32-,33-,34-,37-/m0/s1. The molecule has 1 aromatic heterocycles. The molecule has 0 aliphatic heterocycles. The van der Waals surface area contributed by atoms with E-state index in [9.17, 15) is 67.7 Å². The van der Waals surface area contributed by atoms with Gasteiger partial charge in [0.25, 0.3) is 0 Å². The molecule has 10 amide bonds. The van der Waals surface area contributed by atoms with Gasteiger partial charge in [-0.1, -0.05) is 41.5 Å². The summed E-state index contributed by atoms with van der Waals surface area (Å²) in [5.41, 5.74) is 22.7. The minimum atomic E-state index is -1.81. The van der Waals surface area contributed by atoms with Crippen LogP contribution < -0.4 is 81.4 Å². The SMILES string of the molecule is CC(C)C[C@H](NC(=O)[C@@H](NC(=O)[C@H](CC(N)=O)NC(=O)[C@H](CCCNC(=N)N)NC(=O)[C@H](C)NC(=O)[C@H](C)NC(=O)[C@H](CC(C)C)NC(=O)[C@H](CC(=O)O)NC(=O)[C@H](CCCNC(=N)N)NC(=O)[C@@H](N)Cc1c[nH]cn1)C(C)C)C(=O)O. The maximum atomic E-state index is 13.9. The maximum absolute atomic E-state index is 13.9. The number of aromatic amines is 1. The number of guanidine groups is 2. The number of carbonyl (C=O) groups is 12. The molecule has 0 bridgehead atoms. The predicted molar refractivity (Wildman–Crippen MR) is 295 cm³/mol. The Morgan fingerprint density at radius 1 is 0.524 bits per heavy atom. The maximum Gasteiger partial charge on any atom is 0.326 e. The molecule has 0 aliphatic rings. The summed E-state index contributed by atoms with van der Waals surface area (Å²) in [5.74, 6) is -14.4.